The Kier molecular flexibility index (Phi) is 5.59. The lowest BCUT2D eigenvalue weighted by Crippen LogP contribution is -1.75. The summed E-state index contributed by atoms with van der Waals surface area (Å²) in [7, 11) is 0. The van der Waals surface area contributed by atoms with Gasteiger partial charge in [0.25, 0.3) is 0 Å². The van der Waals surface area contributed by atoms with E-state index in [0.717, 1.165) is 17.4 Å². The maximum absolute atomic E-state index is 10.1. The van der Waals surface area contributed by atoms with E-state index in [4.69, 9.17) is 0 Å². The summed E-state index contributed by atoms with van der Waals surface area (Å²) < 4.78 is 0. The van der Waals surface area contributed by atoms with E-state index < -0.39 is 0 Å². The van der Waals surface area contributed by atoms with Gasteiger partial charge >= 0.3 is 0 Å². The Labute approximate surface area is 95.2 Å². The molecule has 2 aromatic carbocycles. The highest BCUT2D eigenvalue weighted by Crippen LogP contribution is 1.95. The van der Waals surface area contributed by atoms with Crippen molar-refractivity contribution in [3.05, 3.63) is 71.8 Å². The van der Waals surface area contributed by atoms with E-state index in [0.29, 0.717) is 0 Å². The maximum atomic E-state index is 10.1. The molecule has 0 aliphatic rings. The standard InChI is InChI=1S/C7H7O.C7H6O/c2*8-6-7-4-2-1-3-5-7/h1-5H,6H2;1-6H. The highest BCUT2D eigenvalue weighted by molar-refractivity contribution is 5.74. The van der Waals surface area contributed by atoms with Gasteiger partial charge in [-0.1, -0.05) is 60.7 Å². The first-order valence-electron chi connectivity index (χ1n) is 4.99. The van der Waals surface area contributed by atoms with E-state index in [-0.39, 0.29) is 6.61 Å². The number of carbonyl (C=O) groups excluding carboxylic acids is 1. The lowest BCUT2D eigenvalue weighted by Gasteiger charge is -1.87. The molecule has 16 heavy (non-hydrogen) atoms. The van der Waals surface area contributed by atoms with Gasteiger partial charge in [0.2, 0.25) is 0 Å². The van der Waals surface area contributed by atoms with Gasteiger partial charge in [0.15, 0.2) is 0 Å². The molecule has 0 spiro atoms. The fraction of sp³-hybridized carbons (Fsp3) is 0.0714. The number of aldehydes is 1. The van der Waals surface area contributed by atoms with Crippen LogP contribution in [0.2, 0.25) is 0 Å². The smallest absolute Gasteiger partial charge is 0.150 e. The van der Waals surface area contributed by atoms with Gasteiger partial charge in [-0.15, -0.1) is 0 Å². The van der Waals surface area contributed by atoms with Crippen LogP contribution in [-0.4, -0.2) is 6.29 Å². The van der Waals surface area contributed by atoms with E-state index in [1.165, 1.54) is 0 Å². The summed E-state index contributed by atoms with van der Waals surface area (Å²) in [5, 5.41) is 10.1. The Morgan fingerprint density at radius 1 is 0.812 bits per heavy atom. The first-order valence-corrected chi connectivity index (χ1v) is 4.99. The second-order valence-electron chi connectivity index (χ2n) is 3.16. The minimum atomic E-state index is -0.110. The van der Waals surface area contributed by atoms with E-state index in [9.17, 15) is 9.90 Å². The molecular weight excluding hydrogens is 200 g/mol. The third-order valence-corrected chi connectivity index (χ3v) is 1.95. The Morgan fingerprint density at radius 2 is 1.31 bits per heavy atom. The van der Waals surface area contributed by atoms with E-state index in [2.05, 4.69) is 0 Å². The number of carbonyl (C=O) groups is 1. The van der Waals surface area contributed by atoms with Crippen LogP contribution in [0.4, 0.5) is 0 Å². The zero-order valence-electron chi connectivity index (χ0n) is 8.87. The van der Waals surface area contributed by atoms with Crippen LogP contribution < -0.4 is 0 Å². The molecule has 2 aromatic rings. The van der Waals surface area contributed by atoms with Crippen molar-refractivity contribution in [1.29, 1.82) is 0 Å². The predicted molar refractivity (Wildman–Crippen MR) is 62.7 cm³/mol. The molecule has 0 atom stereocenters. The van der Waals surface area contributed by atoms with E-state index in [1.54, 1.807) is 12.1 Å². The van der Waals surface area contributed by atoms with Crippen molar-refractivity contribution in [3.63, 3.8) is 0 Å². The fourth-order valence-corrected chi connectivity index (χ4v) is 1.11. The Balaban J connectivity index is 0.000000160. The van der Waals surface area contributed by atoms with Crippen molar-refractivity contribution >= 4 is 6.29 Å². The highest BCUT2D eigenvalue weighted by Gasteiger charge is 1.82. The second-order valence-corrected chi connectivity index (χ2v) is 3.16. The second kappa shape index (κ2) is 7.37. The number of hydrogen-bond donors (Lipinski definition) is 0. The van der Waals surface area contributed by atoms with Gasteiger partial charge in [0, 0.05) is 5.56 Å². The Hall–Kier alpha value is -1.93. The SMILES string of the molecule is O=Cc1ccccc1.[O]Cc1ccccc1. The lowest BCUT2D eigenvalue weighted by atomic mass is 10.2. The van der Waals surface area contributed by atoms with Gasteiger partial charge in [-0.05, 0) is 5.56 Å². The van der Waals surface area contributed by atoms with Crippen LogP contribution in [0.15, 0.2) is 60.7 Å². The molecule has 1 radical (unpaired) electrons. The summed E-state index contributed by atoms with van der Waals surface area (Å²) in [6.07, 6.45) is 0.833. The average Bonchev–Trinajstić information content (AvgIpc) is 2.41. The molecule has 0 aromatic heterocycles. The van der Waals surface area contributed by atoms with Crippen LogP contribution in [0, 0.1) is 0 Å². The molecule has 0 bridgehead atoms. The van der Waals surface area contributed by atoms with Crippen LogP contribution in [0.3, 0.4) is 0 Å². The number of hydrogen-bond acceptors (Lipinski definition) is 1. The van der Waals surface area contributed by atoms with Crippen LogP contribution in [-0.2, 0) is 11.7 Å². The molecule has 0 aliphatic heterocycles. The molecule has 2 rings (SSSR count). The minimum Gasteiger partial charge on any atom is -0.298 e. The molecule has 2 heteroatoms. The number of rotatable bonds is 2. The minimum absolute atomic E-state index is 0.110. The zero-order chi connectivity index (χ0) is 11.6. The molecule has 0 unspecified atom stereocenters. The van der Waals surface area contributed by atoms with Gasteiger partial charge in [-0.25, -0.2) is 5.11 Å². The first kappa shape index (κ1) is 12.1. The quantitative estimate of drug-likeness (QED) is 0.706. The normalized spacial score (nSPS) is 8.81. The third kappa shape index (κ3) is 4.53. The molecular formula is C14H13O2. The molecule has 0 heterocycles. The summed E-state index contributed by atoms with van der Waals surface area (Å²) in [4.78, 5) is 10.0. The van der Waals surface area contributed by atoms with Crippen molar-refractivity contribution in [2.24, 2.45) is 0 Å². The molecule has 0 aliphatic carbocycles. The molecule has 0 amide bonds. The van der Waals surface area contributed by atoms with Crippen molar-refractivity contribution in [1.82, 2.24) is 0 Å². The maximum Gasteiger partial charge on any atom is 0.150 e. The van der Waals surface area contributed by atoms with Gasteiger partial charge in [0.1, 0.15) is 12.9 Å². The molecule has 0 N–H and O–H groups in total. The van der Waals surface area contributed by atoms with Crippen molar-refractivity contribution in [2.75, 3.05) is 0 Å². The van der Waals surface area contributed by atoms with Crippen LogP contribution >= 0.6 is 0 Å². The van der Waals surface area contributed by atoms with Crippen molar-refractivity contribution in [3.8, 4) is 0 Å². The molecule has 81 valence electrons. The van der Waals surface area contributed by atoms with Crippen LogP contribution in [0.1, 0.15) is 15.9 Å². The summed E-state index contributed by atoms with van der Waals surface area (Å²) in [5.41, 5.74) is 1.58. The Bertz CT molecular complexity index is 396. The predicted octanol–water partition coefficient (Wildman–Crippen LogP) is 3.12. The van der Waals surface area contributed by atoms with Crippen LogP contribution in [0.5, 0.6) is 0 Å². The molecule has 0 saturated heterocycles. The number of benzene rings is 2. The van der Waals surface area contributed by atoms with Crippen LogP contribution in [0.25, 0.3) is 0 Å². The third-order valence-electron chi connectivity index (χ3n) is 1.95. The topological polar surface area (TPSA) is 37.0 Å². The summed E-state index contributed by atoms with van der Waals surface area (Å²) in [6.45, 7) is -0.110. The molecule has 2 nitrogen and oxygen atoms in total. The molecule has 0 fully saturated rings. The average molecular weight is 213 g/mol. The zero-order valence-corrected chi connectivity index (χ0v) is 8.87. The Morgan fingerprint density at radius 3 is 1.62 bits per heavy atom. The van der Waals surface area contributed by atoms with E-state index in [1.807, 2.05) is 48.5 Å². The molecule has 0 saturated carbocycles. The van der Waals surface area contributed by atoms with Crippen molar-refractivity contribution < 1.29 is 9.90 Å². The van der Waals surface area contributed by atoms with Crippen molar-refractivity contribution in [2.45, 2.75) is 6.61 Å². The van der Waals surface area contributed by atoms with Gasteiger partial charge < -0.3 is 0 Å². The van der Waals surface area contributed by atoms with Gasteiger partial charge in [-0.2, -0.15) is 0 Å². The fourth-order valence-electron chi connectivity index (χ4n) is 1.11. The largest absolute Gasteiger partial charge is 0.298 e. The lowest BCUT2D eigenvalue weighted by molar-refractivity contribution is 0.112. The highest BCUT2D eigenvalue weighted by atomic mass is 16.3. The summed E-state index contributed by atoms with van der Waals surface area (Å²) >= 11 is 0. The summed E-state index contributed by atoms with van der Waals surface area (Å²) in [6, 6.07) is 18.4. The first-order chi connectivity index (χ1) is 7.86. The van der Waals surface area contributed by atoms with Gasteiger partial charge in [-0.3, -0.25) is 4.79 Å². The van der Waals surface area contributed by atoms with E-state index >= 15 is 0 Å². The van der Waals surface area contributed by atoms with Gasteiger partial charge in [0.05, 0.1) is 0 Å². The monoisotopic (exact) mass is 213 g/mol. The summed E-state index contributed by atoms with van der Waals surface area (Å²) in [5.74, 6) is 0.